The summed E-state index contributed by atoms with van der Waals surface area (Å²) in [5.41, 5.74) is 2.91. The van der Waals surface area contributed by atoms with Gasteiger partial charge in [-0.1, -0.05) is 66.7 Å². The van der Waals surface area contributed by atoms with Crippen molar-refractivity contribution < 1.29 is 17.9 Å². The number of benzene rings is 3. The molecule has 1 unspecified atom stereocenters. The Labute approximate surface area is 213 Å². The van der Waals surface area contributed by atoms with E-state index in [1.165, 1.54) is 12.7 Å². The average molecular weight is 508 g/mol. The molecule has 1 fully saturated rings. The lowest BCUT2D eigenvalue weighted by molar-refractivity contribution is -0.134. The van der Waals surface area contributed by atoms with Crippen LogP contribution in [0.25, 0.3) is 0 Å². The second-order valence-electron chi connectivity index (χ2n) is 9.10. The predicted octanol–water partition coefficient (Wildman–Crippen LogP) is 3.24. The highest BCUT2D eigenvalue weighted by Crippen LogP contribution is 2.25. The topological polar surface area (TPSA) is 78.9 Å². The number of piperazine rings is 1. The molecule has 0 saturated carbocycles. The summed E-state index contributed by atoms with van der Waals surface area (Å²) in [6, 6.07) is 23.8. The van der Waals surface area contributed by atoms with E-state index in [1.807, 2.05) is 55.5 Å². The molecule has 1 atom stereocenters. The second kappa shape index (κ2) is 11.7. The van der Waals surface area contributed by atoms with E-state index in [4.69, 9.17) is 4.74 Å². The van der Waals surface area contributed by atoms with Crippen molar-refractivity contribution in [1.82, 2.24) is 14.5 Å². The van der Waals surface area contributed by atoms with Gasteiger partial charge in [0.1, 0.15) is 16.7 Å². The highest BCUT2D eigenvalue weighted by molar-refractivity contribution is 7.89. The maximum absolute atomic E-state index is 13.6. The summed E-state index contributed by atoms with van der Waals surface area (Å²) < 4.78 is 34.9. The van der Waals surface area contributed by atoms with E-state index in [0.717, 1.165) is 30.8 Å². The van der Waals surface area contributed by atoms with Crippen LogP contribution in [0, 0.1) is 6.92 Å². The third kappa shape index (κ3) is 6.51. The third-order valence-corrected chi connectivity index (χ3v) is 7.91. The summed E-state index contributed by atoms with van der Waals surface area (Å²) in [6.07, 6.45) is 0.261. The summed E-state index contributed by atoms with van der Waals surface area (Å²) in [6.45, 7) is 5.21. The van der Waals surface area contributed by atoms with E-state index in [-0.39, 0.29) is 23.0 Å². The van der Waals surface area contributed by atoms with Crippen LogP contribution in [0.3, 0.4) is 0 Å². The number of sulfonamides is 1. The Hall–Kier alpha value is -3.20. The van der Waals surface area contributed by atoms with Crippen molar-refractivity contribution in [2.75, 3.05) is 33.3 Å². The largest absolute Gasteiger partial charge is 0.495 e. The number of amides is 1. The first-order chi connectivity index (χ1) is 17.4. The first kappa shape index (κ1) is 25.9. The average Bonchev–Trinajstić information content (AvgIpc) is 2.89. The Morgan fingerprint density at radius 2 is 1.53 bits per heavy atom. The number of ether oxygens (including phenoxy) is 1. The molecule has 1 amide bonds. The second-order valence-corrected chi connectivity index (χ2v) is 10.8. The molecule has 4 rings (SSSR count). The number of hydrogen-bond acceptors (Lipinski definition) is 5. The number of carbonyl (C=O) groups excluding carboxylic acids is 1. The number of hydrogen-bond donors (Lipinski definition) is 1. The molecule has 7 nitrogen and oxygen atoms in total. The molecule has 0 aliphatic carbocycles. The van der Waals surface area contributed by atoms with Gasteiger partial charge in [0.2, 0.25) is 15.9 Å². The molecule has 1 saturated heterocycles. The summed E-state index contributed by atoms with van der Waals surface area (Å²) in [5.74, 6) is 0.0296. The zero-order chi connectivity index (χ0) is 25.5. The summed E-state index contributed by atoms with van der Waals surface area (Å²) in [7, 11) is -2.58. The molecule has 1 aliphatic rings. The minimum absolute atomic E-state index is 0.0311. The van der Waals surface area contributed by atoms with Gasteiger partial charge in [0.25, 0.3) is 0 Å². The Balaban J connectivity index is 1.51. The molecule has 0 spiro atoms. The van der Waals surface area contributed by atoms with Crippen LogP contribution in [0.2, 0.25) is 0 Å². The van der Waals surface area contributed by atoms with E-state index < -0.39 is 16.1 Å². The molecule has 1 N–H and O–H groups in total. The van der Waals surface area contributed by atoms with Crippen LogP contribution >= 0.6 is 0 Å². The van der Waals surface area contributed by atoms with Crippen LogP contribution in [-0.2, 0) is 27.8 Å². The monoisotopic (exact) mass is 507 g/mol. The van der Waals surface area contributed by atoms with E-state index in [9.17, 15) is 13.2 Å². The maximum atomic E-state index is 13.6. The highest BCUT2D eigenvalue weighted by Gasteiger charge is 2.32. The first-order valence-electron chi connectivity index (χ1n) is 12.1. The molecule has 3 aromatic carbocycles. The number of nitrogens with one attached hydrogen (secondary N) is 1. The van der Waals surface area contributed by atoms with Gasteiger partial charge in [-0.3, -0.25) is 9.69 Å². The van der Waals surface area contributed by atoms with Crippen LogP contribution in [-0.4, -0.2) is 63.5 Å². The van der Waals surface area contributed by atoms with Crippen molar-refractivity contribution in [2.24, 2.45) is 0 Å². The van der Waals surface area contributed by atoms with E-state index in [0.29, 0.717) is 13.1 Å². The summed E-state index contributed by atoms with van der Waals surface area (Å²) in [4.78, 5) is 17.8. The van der Waals surface area contributed by atoms with Gasteiger partial charge in [-0.05, 0) is 42.2 Å². The number of rotatable bonds is 9. The van der Waals surface area contributed by atoms with Crippen molar-refractivity contribution >= 4 is 15.9 Å². The number of methoxy groups -OCH3 is 1. The number of aryl methyl sites for hydroxylation is 1. The Bertz CT molecular complexity index is 1260. The standard InChI is InChI=1S/C28H33N3O4S/c1-22-13-14-26(35-2)27(19-22)36(33,34)29-25(20-23-9-5-3-6-10-23)28(32)31-17-15-30(16-18-31)21-24-11-7-4-8-12-24/h3-14,19,25,29H,15-18,20-21H2,1-2H3. The normalized spacial score (nSPS) is 15.4. The molecular formula is C28H33N3O4S. The molecule has 1 heterocycles. The van der Waals surface area contributed by atoms with Gasteiger partial charge in [0.15, 0.2) is 0 Å². The quantitative estimate of drug-likeness (QED) is 0.481. The van der Waals surface area contributed by atoms with Gasteiger partial charge < -0.3 is 9.64 Å². The lowest BCUT2D eigenvalue weighted by Crippen LogP contribution is -2.55. The van der Waals surface area contributed by atoms with Crippen LogP contribution in [0.1, 0.15) is 16.7 Å². The van der Waals surface area contributed by atoms with Crippen LogP contribution in [0.5, 0.6) is 5.75 Å². The summed E-state index contributed by atoms with van der Waals surface area (Å²) >= 11 is 0. The molecule has 1 aliphatic heterocycles. The Morgan fingerprint density at radius 3 is 2.14 bits per heavy atom. The van der Waals surface area contributed by atoms with Crippen molar-refractivity contribution in [1.29, 1.82) is 0 Å². The molecule has 8 heteroatoms. The van der Waals surface area contributed by atoms with E-state index >= 15 is 0 Å². The lowest BCUT2D eigenvalue weighted by atomic mass is 10.1. The Morgan fingerprint density at radius 1 is 0.917 bits per heavy atom. The number of nitrogens with zero attached hydrogens (tertiary/aromatic N) is 2. The first-order valence-corrected chi connectivity index (χ1v) is 13.6. The smallest absolute Gasteiger partial charge is 0.244 e. The van der Waals surface area contributed by atoms with E-state index in [2.05, 4.69) is 21.8 Å². The molecule has 0 aromatic heterocycles. The molecule has 0 radical (unpaired) electrons. The SMILES string of the molecule is COc1ccc(C)cc1S(=O)(=O)NC(Cc1ccccc1)C(=O)N1CCN(Cc2ccccc2)CC1. The Kier molecular flexibility index (Phi) is 8.40. The minimum Gasteiger partial charge on any atom is -0.495 e. The highest BCUT2D eigenvalue weighted by atomic mass is 32.2. The van der Waals surface area contributed by atoms with Crippen molar-refractivity contribution in [3.63, 3.8) is 0 Å². The van der Waals surface area contributed by atoms with Crippen LogP contribution in [0.4, 0.5) is 0 Å². The van der Waals surface area contributed by atoms with Gasteiger partial charge in [0.05, 0.1) is 7.11 Å². The minimum atomic E-state index is -4.01. The van der Waals surface area contributed by atoms with Gasteiger partial charge >= 0.3 is 0 Å². The summed E-state index contributed by atoms with van der Waals surface area (Å²) in [5, 5.41) is 0. The fraction of sp³-hybridized carbons (Fsp3) is 0.321. The van der Waals surface area contributed by atoms with Gasteiger partial charge in [0, 0.05) is 32.7 Å². The van der Waals surface area contributed by atoms with Gasteiger partial charge in [-0.15, -0.1) is 0 Å². The van der Waals surface area contributed by atoms with Crippen LogP contribution < -0.4 is 9.46 Å². The van der Waals surface area contributed by atoms with Crippen LogP contribution in [0.15, 0.2) is 83.8 Å². The molecule has 36 heavy (non-hydrogen) atoms. The molecule has 0 bridgehead atoms. The molecule has 190 valence electrons. The van der Waals surface area contributed by atoms with Crippen molar-refractivity contribution in [3.05, 3.63) is 95.6 Å². The van der Waals surface area contributed by atoms with Gasteiger partial charge in [-0.2, -0.15) is 4.72 Å². The fourth-order valence-electron chi connectivity index (χ4n) is 4.46. The third-order valence-electron chi connectivity index (χ3n) is 6.42. The molecular weight excluding hydrogens is 474 g/mol. The number of carbonyl (C=O) groups is 1. The van der Waals surface area contributed by atoms with Gasteiger partial charge in [-0.25, -0.2) is 8.42 Å². The van der Waals surface area contributed by atoms with Crippen molar-refractivity contribution in [3.8, 4) is 5.75 Å². The fourth-order valence-corrected chi connectivity index (χ4v) is 5.91. The zero-order valence-electron chi connectivity index (χ0n) is 20.8. The lowest BCUT2D eigenvalue weighted by Gasteiger charge is -2.36. The predicted molar refractivity (Wildman–Crippen MR) is 140 cm³/mol. The van der Waals surface area contributed by atoms with E-state index in [1.54, 1.807) is 23.1 Å². The van der Waals surface area contributed by atoms with Crippen molar-refractivity contribution in [2.45, 2.75) is 30.8 Å². The molecule has 3 aromatic rings. The zero-order valence-corrected chi connectivity index (χ0v) is 21.6. The maximum Gasteiger partial charge on any atom is 0.244 e.